The number of hydrogen-bond donors (Lipinski definition) is 0. The third-order valence-electron chi connectivity index (χ3n) is 13.1. The van der Waals surface area contributed by atoms with Gasteiger partial charge >= 0.3 is 0 Å². The van der Waals surface area contributed by atoms with Crippen LogP contribution in [0.15, 0.2) is 140 Å². The van der Waals surface area contributed by atoms with Crippen molar-refractivity contribution >= 4 is 11.6 Å². The van der Waals surface area contributed by atoms with Crippen molar-refractivity contribution in [2.45, 2.75) is 136 Å². The summed E-state index contributed by atoms with van der Waals surface area (Å²) in [5, 5.41) is 0. The lowest BCUT2D eigenvalue weighted by Gasteiger charge is -2.33. The molecule has 0 aliphatic heterocycles. The molecule has 1 aliphatic carbocycles. The fraction of sp³-hybridized carbons (Fsp3) is 0.356. The van der Waals surface area contributed by atoms with Crippen molar-refractivity contribution in [1.29, 1.82) is 0 Å². The van der Waals surface area contributed by atoms with E-state index in [1.807, 2.05) is 0 Å². The maximum Gasteiger partial charge on any atom is 0.0215 e. The third-order valence-corrected chi connectivity index (χ3v) is 13.1. The Morgan fingerprint density at radius 1 is 0.441 bits per heavy atom. The summed E-state index contributed by atoms with van der Waals surface area (Å²) in [6.45, 7) is 18.3. The van der Waals surface area contributed by atoms with Crippen LogP contribution in [0.2, 0.25) is 0 Å². The average Bonchev–Trinajstić information content (AvgIpc) is 3.51. The Morgan fingerprint density at radius 3 is 1.37 bits per heavy atom. The molecule has 0 atom stereocenters. The fourth-order valence-corrected chi connectivity index (χ4v) is 9.43. The summed E-state index contributed by atoms with van der Waals surface area (Å²) in [7, 11) is 0. The summed E-state index contributed by atoms with van der Waals surface area (Å²) < 4.78 is 0. The second-order valence-electron chi connectivity index (χ2n) is 19.4. The number of hydrogen-bond acceptors (Lipinski definition) is 0. The Balaban J connectivity index is 1.31. The van der Waals surface area contributed by atoms with Gasteiger partial charge in [-0.25, -0.2) is 0 Å². The average molecular weight is 777 g/mol. The van der Waals surface area contributed by atoms with Crippen molar-refractivity contribution in [3.63, 3.8) is 0 Å². The van der Waals surface area contributed by atoms with Gasteiger partial charge in [0.2, 0.25) is 0 Å². The smallest absolute Gasteiger partial charge is 0.0215 e. The summed E-state index contributed by atoms with van der Waals surface area (Å²) in [4.78, 5) is 0. The van der Waals surface area contributed by atoms with Crippen molar-refractivity contribution in [3.8, 4) is 33.4 Å². The molecule has 304 valence electrons. The predicted molar refractivity (Wildman–Crippen MR) is 258 cm³/mol. The molecule has 0 amide bonds. The normalized spacial score (nSPS) is 13.7. The van der Waals surface area contributed by atoms with E-state index < -0.39 is 0 Å². The zero-order valence-electron chi connectivity index (χ0n) is 37.4. The highest BCUT2D eigenvalue weighted by Crippen LogP contribution is 2.55. The van der Waals surface area contributed by atoms with Gasteiger partial charge in [0.05, 0.1) is 0 Å². The molecular weight excluding hydrogens is 709 g/mol. The summed E-state index contributed by atoms with van der Waals surface area (Å²) in [6, 6.07) is 53.5. The van der Waals surface area contributed by atoms with Crippen LogP contribution in [0.5, 0.6) is 0 Å². The van der Waals surface area contributed by atoms with Crippen LogP contribution in [-0.2, 0) is 16.2 Å². The van der Waals surface area contributed by atoms with Gasteiger partial charge in [0.15, 0.2) is 0 Å². The molecule has 0 saturated heterocycles. The van der Waals surface area contributed by atoms with Gasteiger partial charge in [-0.15, -0.1) is 0 Å². The van der Waals surface area contributed by atoms with Crippen LogP contribution in [0.4, 0.5) is 0 Å². The second-order valence-corrected chi connectivity index (χ2v) is 19.4. The second kappa shape index (κ2) is 18.1. The molecule has 0 radical (unpaired) electrons. The molecule has 0 nitrogen and oxygen atoms in total. The maximum atomic E-state index is 2.60. The molecule has 0 unspecified atom stereocenters. The lowest BCUT2D eigenvalue weighted by Crippen LogP contribution is -2.25. The first-order valence-corrected chi connectivity index (χ1v) is 22.8. The summed E-state index contributed by atoms with van der Waals surface area (Å²) >= 11 is 0. The minimum Gasteiger partial charge on any atom is -0.0654 e. The van der Waals surface area contributed by atoms with E-state index in [1.54, 1.807) is 11.1 Å². The van der Waals surface area contributed by atoms with Gasteiger partial charge < -0.3 is 0 Å². The quantitative estimate of drug-likeness (QED) is 0.0720. The Morgan fingerprint density at radius 2 is 0.881 bits per heavy atom. The van der Waals surface area contributed by atoms with Gasteiger partial charge in [0, 0.05) is 5.41 Å². The number of fused-ring (bicyclic) bond motifs is 3. The Hall–Kier alpha value is -4.94. The highest BCUT2D eigenvalue weighted by Gasteiger charge is 2.42. The fourth-order valence-electron chi connectivity index (χ4n) is 9.43. The van der Waals surface area contributed by atoms with Gasteiger partial charge in [0.1, 0.15) is 0 Å². The van der Waals surface area contributed by atoms with Crippen molar-refractivity contribution in [3.05, 3.63) is 178 Å². The zero-order chi connectivity index (χ0) is 41.6. The van der Waals surface area contributed by atoms with Crippen LogP contribution in [-0.4, -0.2) is 0 Å². The van der Waals surface area contributed by atoms with Crippen LogP contribution in [0.25, 0.3) is 45.0 Å². The molecule has 0 spiro atoms. The largest absolute Gasteiger partial charge is 0.0654 e. The standard InChI is InChI=1S/C59H68/c1-9-11-13-17-39-59(40-18-14-12-10-2)55-20-16-15-19-52(55)53-38-33-49(42-56(53)59)54(48-27-25-45(26-28-48)47-31-36-51(37-32-47)58(6,7)8)41-43-21-23-44(24-22-43)46-29-34-50(35-30-46)57(3,4)5/h15-16,19-38,41-42H,9-14,17-18,39-40H2,1-8H3/b54-41-. The molecule has 0 fully saturated rings. The minimum atomic E-state index is 0.0434. The van der Waals surface area contributed by atoms with Crippen molar-refractivity contribution < 1.29 is 0 Å². The van der Waals surface area contributed by atoms with Crippen molar-refractivity contribution in [2.24, 2.45) is 0 Å². The van der Waals surface area contributed by atoms with E-state index in [1.165, 1.54) is 131 Å². The molecule has 0 bridgehead atoms. The molecule has 59 heavy (non-hydrogen) atoms. The van der Waals surface area contributed by atoms with Gasteiger partial charge in [-0.2, -0.15) is 0 Å². The molecule has 1 aliphatic rings. The topological polar surface area (TPSA) is 0 Å². The highest BCUT2D eigenvalue weighted by atomic mass is 14.4. The van der Waals surface area contributed by atoms with E-state index in [2.05, 4.69) is 201 Å². The van der Waals surface area contributed by atoms with Gasteiger partial charge in [-0.05, 0) is 114 Å². The first-order valence-electron chi connectivity index (χ1n) is 22.8. The first kappa shape index (κ1) is 42.2. The lowest BCUT2D eigenvalue weighted by atomic mass is 9.70. The minimum absolute atomic E-state index is 0.0434. The third kappa shape index (κ3) is 9.44. The molecule has 0 saturated carbocycles. The van der Waals surface area contributed by atoms with Gasteiger partial charge in [-0.3, -0.25) is 0 Å². The SMILES string of the molecule is CCCCCCC1(CCCCCC)c2ccccc2-c2ccc(/C(=C\c3ccc(-c4ccc(C(C)(C)C)cc4)cc3)c3ccc(-c4ccc(C(C)(C)C)cc4)cc3)cc21. The number of rotatable bonds is 15. The molecule has 0 N–H and O–H groups in total. The Labute approximate surface area is 357 Å². The molecule has 0 heterocycles. The molecular formula is C59H68. The summed E-state index contributed by atoms with van der Waals surface area (Å²) in [6.07, 6.45) is 15.1. The zero-order valence-corrected chi connectivity index (χ0v) is 37.4. The highest BCUT2D eigenvalue weighted by molar-refractivity contribution is 5.94. The monoisotopic (exact) mass is 777 g/mol. The van der Waals surface area contributed by atoms with Crippen molar-refractivity contribution in [2.75, 3.05) is 0 Å². The summed E-state index contributed by atoms with van der Waals surface area (Å²) in [5.74, 6) is 0. The van der Waals surface area contributed by atoms with E-state index in [9.17, 15) is 0 Å². The Bertz CT molecular complexity index is 2300. The van der Waals surface area contributed by atoms with E-state index in [-0.39, 0.29) is 16.2 Å². The predicted octanol–water partition coefficient (Wildman–Crippen LogP) is 17.4. The molecule has 0 aromatic heterocycles. The van der Waals surface area contributed by atoms with Crippen LogP contribution in [0.1, 0.15) is 159 Å². The van der Waals surface area contributed by atoms with Gasteiger partial charge in [0.25, 0.3) is 0 Å². The van der Waals surface area contributed by atoms with Crippen LogP contribution >= 0.6 is 0 Å². The maximum absolute atomic E-state index is 2.60. The number of unbranched alkanes of at least 4 members (excludes halogenated alkanes) is 6. The van der Waals surface area contributed by atoms with Gasteiger partial charge in [-0.1, -0.05) is 240 Å². The van der Waals surface area contributed by atoms with Crippen LogP contribution in [0.3, 0.4) is 0 Å². The Kier molecular flexibility index (Phi) is 13.0. The lowest BCUT2D eigenvalue weighted by molar-refractivity contribution is 0.401. The van der Waals surface area contributed by atoms with Crippen LogP contribution in [0, 0.1) is 0 Å². The molecule has 6 aromatic rings. The number of benzene rings is 6. The first-order chi connectivity index (χ1) is 28.4. The molecule has 6 aromatic carbocycles. The van der Waals surface area contributed by atoms with Crippen LogP contribution < -0.4 is 0 Å². The van der Waals surface area contributed by atoms with E-state index in [0.29, 0.717) is 0 Å². The molecule has 7 rings (SSSR count). The summed E-state index contributed by atoms with van der Waals surface area (Å²) in [5.41, 5.74) is 19.1. The molecule has 0 heteroatoms. The van der Waals surface area contributed by atoms with E-state index in [0.717, 1.165) is 0 Å². The van der Waals surface area contributed by atoms with Crippen molar-refractivity contribution in [1.82, 2.24) is 0 Å². The van der Waals surface area contributed by atoms with E-state index in [4.69, 9.17) is 0 Å². The van der Waals surface area contributed by atoms with E-state index >= 15 is 0 Å².